The van der Waals surface area contributed by atoms with Gasteiger partial charge in [0.1, 0.15) is 0 Å². The number of nitrogens with zero attached hydrogens (tertiary/aromatic N) is 4. The smallest absolute Gasteiger partial charge is 0.222 e. The number of rotatable bonds is 3. The third kappa shape index (κ3) is 2.86. The van der Waals surface area contributed by atoms with Crippen LogP contribution in [-0.2, 0) is 9.84 Å². The Morgan fingerprint density at radius 1 is 0.923 bits per heavy atom. The van der Waals surface area contributed by atoms with Crippen LogP contribution in [0.15, 0.2) is 66.0 Å². The van der Waals surface area contributed by atoms with E-state index in [9.17, 15) is 8.42 Å². The van der Waals surface area contributed by atoms with Gasteiger partial charge in [-0.05, 0) is 24.6 Å². The van der Waals surface area contributed by atoms with Crippen LogP contribution in [0.4, 0.5) is 0 Å². The van der Waals surface area contributed by atoms with Crippen LogP contribution < -0.4 is 0 Å². The summed E-state index contributed by atoms with van der Waals surface area (Å²) in [6, 6.07) is 15.2. The minimum absolute atomic E-state index is 0.0273. The summed E-state index contributed by atoms with van der Waals surface area (Å²) in [5.41, 5.74) is 3.72. The first-order valence-electron chi connectivity index (χ1n) is 8.01. The number of hydrogen-bond acceptors (Lipinski definition) is 5. The highest BCUT2D eigenvalue weighted by Gasteiger charge is 2.20. The van der Waals surface area contributed by atoms with E-state index < -0.39 is 9.84 Å². The molecular weight excluding hydrogens is 348 g/mol. The summed E-state index contributed by atoms with van der Waals surface area (Å²) < 4.78 is 25.6. The molecule has 0 spiro atoms. The number of aryl methyl sites for hydroxylation is 1. The monoisotopic (exact) mass is 364 g/mol. The Morgan fingerprint density at radius 3 is 2.35 bits per heavy atom. The highest BCUT2D eigenvalue weighted by Crippen LogP contribution is 2.25. The van der Waals surface area contributed by atoms with Gasteiger partial charge in [0.2, 0.25) is 0 Å². The summed E-state index contributed by atoms with van der Waals surface area (Å²) in [6.07, 6.45) is 4.58. The van der Waals surface area contributed by atoms with Crippen molar-refractivity contribution in [2.75, 3.05) is 6.26 Å². The lowest BCUT2D eigenvalue weighted by molar-refractivity contribution is 0.596. The fourth-order valence-corrected chi connectivity index (χ4v) is 3.67. The molecule has 0 amide bonds. The Morgan fingerprint density at radius 2 is 1.65 bits per heavy atom. The van der Waals surface area contributed by atoms with Gasteiger partial charge in [0.05, 0.1) is 5.52 Å². The Hall–Kier alpha value is -3.06. The number of fused-ring (bicyclic) bond motifs is 1. The number of hydrogen-bond donors (Lipinski definition) is 0. The van der Waals surface area contributed by atoms with Crippen molar-refractivity contribution in [3.8, 4) is 17.1 Å². The summed E-state index contributed by atoms with van der Waals surface area (Å²) in [5.74, 6) is 0.326. The van der Waals surface area contributed by atoms with Crippen LogP contribution in [0.1, 0.15) is 5.56 Å². The summed E-state index contributed by atoms with van der Waals surface area (Å²) in [7, 11) is -3.46. The molecule has 0 radical (unpaired) electrons. The van der Waals surface area contributed by atoms with Gasteiger partial charge in [0.15, 0.2) is 14.9 Å². The molecule has 130 valence electrons. The van der Waals surface area contributed by atoms with Crippen LogP contribution in [-0.4, -0.2) is 34.4 Å². The molecule has 2 heterocycles. The van der Waals surface area contributed by atoms with Crippen molar-refractivity contribution in [1.82, 2.24) is 19.7 Å². The van der Waals surface area contributed by atoms with E-state index in [1.54, 1.807) is 30.6 Å². The molecule has 4 aromatic rings. The van der Waals surface area contributed by atoms with E-state index in [1.807, 2.05) is 31.2 Å². The summed E-state index contributed by atoms with van der Waals surface area (Å²) in [6.45, 7) is 2.03. The molecule has 7 heteroatoms. The maximum Gasteiger partial charge on any atom is 0.251 e. The highest BCUT2D eigenvalue weighted by atomic mass is 32.2. The molecule has 2 aromatic heterocycles. The van der Waals surface area contributed by atoms with Gasteiger partial charge in [-0.2, -0.15) is 9.78 Å². The van der Waals surface area contributed by atoms with Crippen LogP contribution in [0, 0.1) is 6.92 Å². The molecule has 0 aliphatic rings. The van der Waals surface area contributed by atoms with Gasteiger partial charge in [-0.1, -0.05) is 42.0 Å². The molecule has 0 fully saturated rings. The van der Waals surface area contributed by atoms with Gasteiger partial charge < -0.3 is 0 Å². The van der Waals surface area contributed by atoms with Crippen molar-refractivity contribution < 1.29 is 8.42 Å². The maximum atomic E-state index is 12.0. The summed E-state index contributed by atoms with van der Waals surface area (Å²) in [5, 5.41) is 4.84. The fraction of sp³-hybridized carbons (Fsp3) is 0.105. The largest absolute Gasteiger partial charge is 0.251 e. The van der Waals surface area contributed by atoms with Crippen LogP contribution in [0.25, 0.3) is 28.0 Å². The first kappa shape index (κ1) is 16.4. The second-order valence-electron chi connectivity index (χ2n) is 6.15. The zero-order valence-corrected chi connectivity index (χ0v) is 15.1. The van der Waals surface area contributed by atoms with E-state index in [2.05, 4.69) is 21.1 Å². The average Bonchev–Trinajstić information content (AvgIpc) is 3.02. The number of benzene rings is 2. The Labute approximate surface area is 151 Å². The van der Waals surface area contributed by atoms with Gasteiger partial charge in [-0.3, -0.25) is 0 Å². The van der Waals surface area contributed by atoms with Crippen molar-refractivity contribution >= 4 is 20.7 Å². The molecule has 26 heavy (non-hydrogen) atoms. The molecule has 0 aliphatic heterocycles. The van der Waals surface area contributed by atoms with Crippen molar-refractivity contribution in [2.24, 2.45) is 0 Å². The van der Waals surface area contributed by atoms with Gasteiger partial charge in [-0.25, -0.2) is 18.4 Å². The van der Waals surface area contributed by atoms with Crippen molar-refractivity contribution in [3.63, 3.8) is 0 Å². The van der Waals surface area contributed by atoms with Crippen LogP contribution >= 0.6 is 0 Å². The predicted octanol–water partition coefficient (Wildman–Crippen LogP) is 3.19. The van der Waals surface area contributed by atoms with Gasteiger partial charge in [-0.15, -0.1) is 0 Å². The third-order valence-electron chi connectivity index (χ3n) is 4.08. The summed E-state index contributed by atoms with van der Waals surface area (Å²) >= 11 is 0. The second-order valence-corrected chi connectivity index (χ2v) is 8.08. The van der Waals surface area contributed by atoms with Gasteiger partial charge in [0.25, 0.3) is 5.95 Å². The zero-order valence-electron chi connectivity index (χ0n) is 14.3. The van der Waals surface area contributed by atoms with Crippen LogP contribution in [0.2, 0.25) is 0 Å². The predicted molar refractivity (Wildman–Crippen MR) is 99.9 cm³/mol. The molecule has 0 atom stereocenters. The average molecular weight is 364 g/mol. The van der Waals surface area contributed by atoms with E-state index in [-0.39, 0.29) is 5.03 Å². The Balaban J connectivity index is 1.84. The van der Waals surface area contributed by atoms with E-state index >= 15 is 0 Å². The van der Waals surface area contributed by atoms with Crippen LogP contribution in [0.5, 0.6) is 0 Å². The molecule has 2 aromatic carbocycles. The molecule has 6 nitrogen and oxygen atoms in total. The van der Waals surface area contributed by atoms with Crippen molar-refractivity contribution in [3.05, 3.63) is 66.5 Å². The van der Waals surface area contributed by atoms with E-state index in [0.29, 0.717) is 16.9 Å². The lowest BCUT2D eigenvalue weighted by atomic mass is 10.1. The van der Waals surface area contributed by atoms with E-state index in [1.165, 1.54) is 4.68 Å². The SMILES string of the molecule is Cc1cccc(-c2cnc(-n3nc(S(C)(=O)=O)c4ccccc43)nc2)c1. The Bertz CT molecular complexity index is 1210. The molecule has 4 rings (SSSR count). The lowest BCUT2D eigenvalue weighted by Gasteiger charge is -2.04. The molecule has 0 aliphatic carbocycles. The standard InChI is InChI=1S/C19H16N4O2S/c1-13-6-5-7-14(10-13)15-11-20-19(21-12-15)23-17-9-4-3-8-16(17)18(22-23)26(2,24)25/h3-12H,1-2H3. The molecule has 0 unspecified atom stereocenters. The van der Waals surface area contributed by atoms with E-state index in [0.717, 1.165) is 22.9 Å². The minimum atomic E-state index is -3.46. The number of sulfone groups is 1. The van der Waals surface area contributed by atoms with Crippen molar-refractivity contribution in [1.29, 1.82) is 0 Å². The molecule has 0 saturated heterocycles. The lowest BCUT2D eigenvalue weighted by Crippen LogP contribution is -2.05. The number of para-hydroxylation sites is 1. The van der Waals surface area contributed by atoms with Gasteiger partial charge >= 0.3 is 0 Å². The first-order valence-corrected chi connectivity index (χ1v) is 9.90. The van der Waals surface area contributed by atoms with Crippen LogP contribution in [0.3, 0.4) is 0 Å². The minimum Gasteiger partial charge on any atom is -0.222 e. The fourth-order valence-electron chi connectivity index (χ4n) is 2.87. The van der Waals surface area contributed by atoms with Gasteiger partial charge in [0, 0.05) is 29.6 Å². The zero-order chi connectivity index (χ0) is 18.3. The Kier molecular flexibility index (Phi) is 3.81. The first-order chi connectivity index (χ1) is 12.4. The number of aromatic nitrogens is 4. The third-order valence-corrected chi connectivity index (χ3v) is 5.09. The van der Waals surface area contributed by atoms with Crippen molar-refractivity contribution in [2.45, 2.75) is 11.9 Å². The van der Waals surface area contributed by atoms with E-state index in [4.69, 9.17) is 0 Å². The highest BCUT2D eigenvalue weighted by molar-refractivity contribution is 7.90. The maximum absolute atomic E-state index is 12.0. The normalized spacial score (nSPS) is 11.8. The molecule has 0 N–H and O–H groups in total. The molecular formula is C19H16N4O2S. The quantitative estimate of drug-likeness (QED) is 0.558. The second kappa shape index (κ2) is 6.03. The summed E-state index contributed by atoms with van der Waals surface area (Å²) in [4.78, 5) is 8.79. The topological polar surface area (TPSA) is 77.7 Å². The molecule has 0 bridgehead atoms. The molecule has 0 saturated carbocycles.